The monoisotopic (exact) mass is 408 g/mol. The molecule has 0 atom stereocenters. The zero-order chi connectivity index (χ0) is 20.5. The summed E-state index contributed by atoms with van der Waals surface area (Å²) in [5.41, 5.74) is 0.392. The van der Waals surface area contributed by atoms with Gasteiger partial charge in [0.25, 0.3) is 5.79 Å². The van der Waals surface area contributed by atoms with Gasteiger partial charge in [-0.1, -0.05) is 17.7 Å². The quantitative estimate of drug-likeness (QED) is 0.426. The van der Waals surface area contributed by atoms with Crippen LogP contribution in [0.25, 0.3) is 6.08 Å². The normalized spacial score (nSPS) is 15.7. The summed E-state index contributed by atoms with van der Waals surface area (Å²) in [6.45, 7) is 2.81. The molecule has 146 valence electrons. The van der Waals surface area contributed by atoms with Crippen LogP contribution in [-0.2, 0) is 25.7 Å². The van der Waals surface area contributed by atoms with Crippen LogP contribution < -0.4 is 4.74 Å². The number of benzene rings is 2. The fourth-order valence-corrected chi connectivity index (χ4v) is 2.67. The number of halogens is 3. The van der Waals surface area contributed by atoms with Crippen molar-refractivity contribution in [3.63, 3.8) is 0 Å². The number of rotatable bonds is 4. The first-order chi connectivity index (χ1) is 13.1. The van der Waals surface area contributed by atoms with Crippen molar-refractivity contribution in [3.05, 3.63) is 69.8 Å². The van der Waals surface area contributed by atoms with Gasteiger partial charge in [0.2, 0.25) is 0 Å². The van der Waals surface area contributed by atoms with Gasteiger partial charge in [-0.05, 0) is 42.0 Å². The van der Waals surface area contributed by atoms with Crippen LogP contribution in [0.15, 0.2) is 42.0 Å². The molecule has 1 fully saturated rings. The van der Waals surface area contributed by atoms with Gasteiger partial charge in [0.05, 0.1) is 0 Å². The Bertz CT molecular complexity index is 963. The van der Waals surface area contributed by atoms with Gasteiger partial charge in [0, 0.05) is 24.4 Å². The highest BCUT2D eigenvalue weighted by molar-refractivity contribution is 6.30. The van der Waals surface area contributed by atoms with E-state index in [9.17, 15) is 18.4 Å². The molecule has 0 amide bonds. The first-order valence-electron chi connectivity index (χ1n) is 8.19. The summed E-state index contributed by atoms with van der Waals surface area (Å²) in [6, 6.07) is 7.94. The van der Waals surface area contributed by atoms with Gasteiger partial charge in [0.1, 0.15) is 17.9 Å². The van der Waals surface area contributed by atoms with Crippen LogP contribution >= 0.6 is 11.6 Å². The lowest BCUT2D eigenvalue weighted by molar-refractivity contribution is -0.222. The van der Waals surface area contributed by atoms with Gasteiger partial charge in [0.15, 0.2) is 11.6 Å². The van der Waals surface area contributed by atoms with E-state index in [1.54, 1.807) is 6.07 Å². The summed E-state index contributed by atoms with van der Waals surface area (Å²) in [6.07, 6.45) is 1.24. The predicted molar refractivity (Wildman–Crippen MR) is 96.4 cm³/mol. The van der Waals surface area contributed by atoms with Gasteiger partial charge in [-0.2, -0.15) is 0 Å². The van der Waals surface area contributed by atoms with Crippen LogP contribution in [0.2, 0.25) is 5.02 Å². The zero-order valence-electron chi connectivity index (χ0n) is 14.9. The van der Waals surface area contributed by atoms with Crippen LogP contribution in [0.4, 0.5) is 8.78 Å². The lowest BCUT2D eigenvalue weighted by Gasteiger charge is -2.29. The Morgan fingerprint density at radius 3 is 2.36 bits per heavy atom. The lowest BCUT2D eigenvalue weighted by Crippen LogP contribution is -2.41. The molecule has 0 aliphatic carbocycles. The standard InChI is InChI=1S/C20H15ClF2O5/c1-20(2)27-18(24)14(19(25)28-20)9-12-8-13(21)4-6-17(12)26-10-11-3-5-15(22)16(23)7-11/h3-9H,10H2,1-2H3. The predicted octanol–water partition coefficient (Wildman–Crippen LogP) is 4.42. The van der Waals surface area contributed by atoms with E-state index in [2.05, 4.69) is 0 Å². The molecular weight excluding hydrogens is 394 g/mol. The molecule has 1 aliphatic rings. The Hall–Kier alpha value is -2.93. The van der Waals surface area contributed by atoms with E-state index in [1.165, 1.54) is 38.1 Å². The summed E-state index contributed by atoms with van der Waals surface area (Å²) in [4.78, 5) is 24.3. The average molecular weight is 409 g/mol. The van der Waals surface area contributed by atoms with Crippen molar-refractivity contribution in [1.82, 2.24) is 0 Å². The van der Waals surface area contributed by atoms with Gasteiger partial charge in [-0.15, -0.1) is 0 Å². The fourth-order valence-electron chi connectivity index (χ4n) is 2.49. The molecule has 28 heavy (non-hydrogen) atoms. The number of hydrogen-bond donors (Lipinski definition) is 0. The molecule has 1 aliphatic heterocycles. The van der Waals surface area contributed by atoms with Gasteiger partial charge in [-0.25, -0.2) is 18.4 Å². The molecule has 2 aromatic rings. The number of carbonyl (C=O) groups excluding carboxylic acids is 2. The van der Waals surface area contributed by atoms with Gasteiger partial charge < -0.3 is 14.2 Å². The van der Waals surface area contributed by atoms with E-state index < -0.39 is 29.4 Å². The number of ether oxygens (including phenoxy) is 3. The molecule has 0 spiro atoms. The van der Waals surface area contributed by atoms with Crippen molar-refractivity contribution >= 4 is 29.6 Å². The molecule has 0 aromatic heterocycles. The fraction of sp³-hybridized carbons (Fsp3) is 0.200. The summed E-state index contributed by atoms with van der Waals surface area (Å²) in [5.74, 6) is -4.72. The minimum absolute atomic E-state index is 0.0725. The Labute approximate surface area is 164 Å². The highest BCUT2D eigenvalue weighted by Crippen LogP contribution is 2.29. The Kier molecular flexibility index (Phi) is 5.38. The summed E-state index contributed by atoms with van der Waals surface area (Å²) >= 11 is 6.00. The molecule has 3 rings (SSSR count). The topological polar surface area (TPSA) is 61.8 Å². The van der Waals surface area contributed by atoms with Crippen molar-refractivity contribution in [2.24, 2.45) is 0 Å². The zero-order valence-corrected chi connectivity index (χ0v) is 15.7. The molecule has 1 heterocycles. The first kappa shape index (κ1) is 19.8. The van der Waals surface area contributed by atoms with Crippen LogP contribution in [0.3, 0.4) is 0 Å². The minimum atomic E-state index is -1.36. The third kappa shape index (κ3) is 4.48. The maximum atomic E-state index is 13.3. The Balaban J connectivity index is 1.87. The lowest BCUT2D eigenvalue weighted by atomic mass is 10.1. The third-order valence-corrected chi connectivity index (χ3v) is 4.00. The van der Waals surface area contributed by atoms with Crippen LogP contribution in [0.5, 0.6) is 5.75 Å². The second kappa shape index (κ2) is 7.59. The van der Waals surface area contributed by atoms with Crippen molar-refractivity contribution in [2.45, 2.75) is 26.2 Å². The smallest absolute Gasteiger partial charge is 0.348 e. The maximum Gasteiger partial charge on any atom is 0.348 e. The molecule has 5 nitrogen and oxygen atoms in total. The minimum Gasteiger partial charge on any atom is -0.488 e. The van der Waals surface area contributed by atoms with E-state index in [1.807, 2.05) is 0 Å². The third-order valence-electron chi connectivity index (χ3n) is 3.77. The summed E-state index contributed by atoms with van der Waals surface area (Å²) in [5, 5.41) is 0.338. The van der Waals surface area contributed by atoms with Crippen molar-refractivity contribution in [1.29, 1.82) is 0 Å². The molecule has 0 unspecified atom stereocenters. The van der Waals surface area contributed by atoms with E-state index in [0.29, 0.717) is 16.1 Å². The average Bonchev–Trinajstić information content (AvgIpc) is 2.59. The van der Waals surface area contributed by atoms with E-state index in [0.717, 1.165) is 12.1 Å². The van der Waals surface area contributed by atoms with Crippen LogP contribution in [-0.4, -0.2) is 17.7 Å². The van der Waals surface area contributed by atoms with Gasteiger partial charge in [-0.3, -0.25) is 0 Å². The Morgan fingerprint density at radius 1 is 1.04 bits per heavy atom. The number of hydrogen-bond acceptors (Lipinski definition) is 5. The van der Waals surface area contributed by atoms with Crippen molar-refractivity contribution in [2.75, 3.05) is 0 Å². The van der Waals surface area contributed by atoms with Crippen molar-refractivity contribution in [3.8, 4) is 5.75 Å². The number of cyclic esters (lactones) is 2. The molecular formula is C20H15ClF2O5. The summed E-state index contributed by atoms with van der Waals surface area (Å²) in [7, 11) is 0. The highest BCUT2D eigenvalue weighted by atomic mass is 35.5. The molecule has 1 saturated heterocycles. The molecule has 0 bridgehead atoms. The van der Waals surface area contributed by atoms with Crippen LogP contribution in [0.1, 0.15) is 25.0 Å². The van der Waals surface area contributed by atoms with Crippen molar-refractivity contribution < 1.29 is 32.6 Å². The first-order valence-corrected chi connectivity index (χ1v) is 8.57. The van der Waals surface area contributed by atoms with E-state index >= 15 is 0 Å². The van der Waals surface area contributed by atoms with Crippen LogP contribution in [0, 0.1) is 11.6 Å². The van der Waals surface area contributed by atoms with E-state index in [4.69, 9.17) is 25.8 Å². The molecule has 0 radical (unpaired) electrons. The molecule has 0 N–H and O–H groups in total. The molecule has 0 saturated carbocycles. The molecule has 2 aromatic carbocycles. The SMILES string of the molecule is CC1(C)OC(=O)C(=Cc2cc(Cl)ccc2OCc2ccc(F)c(F)c2)C(=O)O1. The highest BCUT2D eigenvalue weighted by Gasteiger charge is 2.39. The Morgan fingerprint density at radius 2 is 1.71 bits per heavy atom. The second-order valence-electron chi connectivity index (χ2n) is 6.46. The largest absolute Gasteiger partial charge is 0.488 e. The van der Waals surface area contributed by atoms with Gasteiger partial charge >= 0.3 is 11.9 Å². The molecule has 8 heteroatoms. The number of esters is 2. The second-order valence-corrected chi connectivity index (χ2v) is 6.89. The summed E-state index contributed by atoms with van der Waals surface area (Å²) < 4.78 is 42.1. The van der Waals surface area contributed by atoms with E-state index in [-0.39, 0.29) is 17.9 Å². The maximum absolute atomic E-state index is 13.3. The number of carbonyl (C=O) groups is 2.